The second kappa shape index (κ2) is 8.93. The van der Waals surface area contributed by atoms with Crippen LogP contribution in [0.5, 0.6) is 0 Å². The van der Waals surface area contributed by atoms with E-state index in [0.29, 0.717) is 10.1 Å². The van der Waals surface area contributed by atoms with Gasteiger partial charge in [0.2, 0.25) is 0 Å². The second-order valence-electron chi connectivity index (χ2n) is 8.06. The van der Waals surface area contributed by atoms with Crippen molar-refractivity contribution in [1.82, 2.24) is 9.47 Å². The first kappa shape index (κ1) is 21.6. The van der Waals surface area contributed by atoms with Gasteiger partial charge in [-0.3, -0.25) is 9.69 Å². The third kappa shape index (κ3) is 4.47. The lowest BCUT2D eigenvalue weighted by Gasteiger charge is -2.07. The molecule has 0 atom stereocenters. The maximum absolute atomic E-state index is 13.0. The predicted octanol–water partition coefficient (Wildman–Crippen LogP) is 6.89. The van der Waals surface area contributed by atoms with E-state index in [1.807, 2.05) is 73.7 Å². The minimum atomic E-state index is -0.0413. The van der Waals surface area contributed by atoms with Crippen LogP contribution in [0.1, 0.15) is 16.7 Å². The smallest absolute Gasteiger partial charge is 0.266 e. The van der Waals surface area contributed by atoms with Crippen LogP contribution in [-0.2, 0) is 11.3 Å². The molecular weight excluding hydrogens is 450 g/mol. The molecule has 0 saturated carbocycles. The Hall–Kier alpha value is -3.28. The summed E-state index contributed by atoms with van der Waals surface area (Å²) in [4.78, 5) is 19.9. The van der Waals surface area contributed by atoms with Gasteiger partial charge in [-0.2, -0.15) is 0 Å². The lowest BCUT2D eigenvalue weighted by molar-refractivity contribution is -0.121. The molecule has 5 rings (SSSR count). The zero-order valence-corrected chi connectivity index (χ0v) is 19.9. The lowest BCUT2D eigenvalue weighted by Crippen LogP contribution is -2.23. The first-order chi connectivity index (χ1) is 16.0. The minimum absolute atomic E-state index is 0.0413. The van der Waals surface area contributed by atoms with Crippen molar-refractivity contribution in [2.24, 2.45) is 4.99 Å². The van der Waals surface area contributed by atoms with Crippen LogP contribution in [0, 0.1) is 6.92 Å². The summed E-state index contributed by atoms with van der Waals surface area (Å²) in [5, 5.41) is 2.52. The molecule has 0 aliphatic carbocycles. The molecule has 1 amide bonds. The summed E-state index contributed by atoms with van der Waals surface area (Å²) in [6.45, 7) is 2.77. The van der Waals surface area contributed by atoms with Crippen molar-refractivity contribution in [2.75, 3.05) is 7.05 Å². The molecule has 3 aromatic carbocycles. The van der Waals surface area contributed by atoms with E-state index >= 15 is 0 Å². The normalized spacial score (nSPS) is 16.5. The molecule has 1 aromatic heterocycles. The van der Waals surface area contributed by atoms with Crippen molar-refractivity contribution < 1.29 is 4.79 Å². The molecule has 1 aliphatic rings. The van der Waals surface area contributed by atoms with Gasteiger partial charge in [0.25, 0.3) is 5.91 Å². The fourth-order valence-electron chi connectivity index (χ4n) is 3.83. The highest BCUT2D eigenvalue weighted by molar-refractivity contribution is 8.18. The van der Waals surface area contributed by atoms with Crippen LogP contribution in [0.15, 0.2) is 88.9 Å². The number of nitrogens with zero attached hydrogens (tertiary/aromatic N) is 3. The molecule has 0 bridgehead atoms. The van der Waals surface area contributed by atoms with Crippen molar-refractivity contribution in [2.45, 2.75) is 13.5 Å². The van der Waals surface area contributed by atoms with E-state index in [4.69, 9.17) is 11.6 Å². The zero-order valence-electron chi connectivity index (χ0n) is 18.3. The van der Waals surface area contributed by atoms with Gasteiger partial charge in [0.05, 0.1) is 10.6 Å². The Kier molecular flexibility index (Phi) is 5.83. The Balaban J connectivity index is 1.49. The van der Waals surface area contributed by atoms with Gasteiger partial charge in [0.1, 0.15) is 0 Å². The van der Waals surface area contributed by atoms with Gasteiger partial charge in [-0.05, 0) is 60.7 Å². The molecular formula is C27H22ClN3OS. The number of aromatic nitrogens is 1. The summed E-state index contributed by atoms with van der Waals surface area (Å²) in [6, 6.07) is 24.1. The monoisotopic (exact) mass is 471 g/mol. The number of hydrogen-bond acceptors (Lipinski definition) is 3. The number of fused-ring (bicyclic) bond motifs is 1. The quantitative estimate of drug-likeness (QED) is 0.304. The first-order valence-electron chi connectivity index (χ1n) is 10.6. The lowest BCUT2D eigenvalue weighted by atomic mass is 10.1. The number of para-hydroxylation sites is 1. The minimum Gasteiger partial charge on any atom is -0.342 e. The molecule has 33 heavy (non-hydrogen) atoms. The fourth-order valence-corrected chi connectivity index (χ4v) is 4.93. The number of benzene rings is 3. The van der Waals surface area contributed by atoms with Gasteiger partial charge >= 0.3 is 0 Å². The summed E-state index contributed by atoms with van der Waals surface area (Å²) in [7, 11) is 1.77. The first-order valence-corrected chi connectivity index (χ1v) is 11.8. The third-order valence-corrected chi connectivity index (χ3v) is 6.95. The SMILES string of the molecule is Cc1ccc(N=C2S/C(=C/c3cn(Cc4ccc(Cl)cc4)c4ccccc34)C(=O)N2C)cc1. The highest BCUT2D eigenvalue weighted by atomic mass is 35.5. The third-order valence-electron chi connectivity index (χ3n) is 5.63. The topological polar surface area (TPSA) is 37.6 Å². The van der Waals surface area contributed by atoms with Crippen LogP contribution in [0.25, 0.3) is 17.0 Å². The number of halogens is 1. The average molecular weight is 472 g/mol. The highest BCUT2D eigenvalue weighted by Crippen LogP contribution is 2.35. The van der Waals surface area contributed by atoms with Crippen LogP contribution in [0.3, 0.4) is 0 Å². The Morgan fingerprint density at radius 3 is 2.48 bits per heavy atom. The second-order valence-corrected chi connectivity index (χ2v) is 9.51. The molecule has 4 nitrogen and oxygen atoms in total. The number of thioether (sulfide) groups is 1. The van der Waals surface area contributed by atoms with E-state index < -0.39 is 0 Å². The van der Waals surface area contributed by atoms with Crippen LogP contribution in [-0.4, -0.2) is 27.6 Å². The van der Waals surface area contributed by atoms with Crippen molar-refractivity contribution in [3.63, 3.8) is 0 Å². The number of carbonyl (C=O) groups excluding carboxylic acids is 1. The van der Waals surface area contributed by atoms with Gasteiger partial charge in [0, 0.05) is 41.3 Å². The van der Waals surface area contributed by atoms with Gasteiger partial charge in [-0.25, -0.2) is 4.99 Å². The molecule has 2 heterocycles. The standard InChI is InChI=1S/C27H22ClN3OS/c1-18-7-13-22(14-8-18)29-27-30(2)26(32)25(33-27)15-20-17-31(24-6-4-3-5-23(20)24)16-19-9-11-21(28)12-10-19/h3-15,17H,16H2,1-2H3/b25-15+,29-27?. The molecule has 4 aromatic rings. The van der Waals surface area contributed by atoms with E-state index in [9.17, 15) is 4.79 Å². The Labute approximate surface area is 202 Å². The van der Waals surface area contributed by atoms with Gasteiger partial charge in [0.15, 0.2) is 5.17 Å². The van der Waals surface area contributed by atoms with Gasteiger partial charge in [-0.15, -0.1) is 0 Å². The van der Waals surface area contributed by atoms with Crippen LogP contribution in [0.2, 0.25) is 5.02 Å². The summed E-state index contributed by atoms with van der Waals surface area (Å²) >= 11 is 7.45. The van der Waals surface area contributed by atoms with Gasteiger partial charge < -0.3 is 4.57 Å². The Morgan fingerprint density at radius 2 is 1.73 bits per heavy atom. The van der Waals surface area contributed by atoms with E-state index in [0.717, 1.165) is 39.3 Å². The van der Waals surface area contributed by atoms with Crippen LogP contribution < -0.4 is 0 Å². The van der Waals surface area contributed by atoms with Crippen molar-refractivity contribution in [3.8, 4) is 0 Å². The number of likely N-dealkylation sites (N-methyl/N-ethyl adjacent to an activating group) is 1. The molecule has 0 spiro atoms. The van der Waals surface area contributed by atoms with E-state index in [1.165, 1.54) is 17.3 Å². The van der Waals surface area contributed by atoms with Crippen LogP contribution in [0.4, 0.5) is 5.69 Å². The predicted molar refractivity (Wildman–Crippen MR) is 139 cm³/mol. The highest BCUT2D eigenvalue weighted by Gasteiger charge is 2.30. The molecule has 6 heteroatoms. The van der Waals surface area contributed by atoms with Crippen molar-refractivity contribution in [1.29, 1.82) is 0 Å². The average Bonchev–Trinajstić information content (AvgIpc) is 3.29. The number of hydrogen-bond donors (Lipinski definition) is 0. The molecule has 0 unspecified atom stereocenters. The number of rotatable bonds is 4. The molecule has 0 radical (unpaired) electrons. The maximum Gasteiger partial charge on any atom is 0.266 e. The zero-order chi connectivity index (χ0) is 22.9. The summed E-state index contributed by atoms with van der Waals surface area (Å²) < 4.78 is 2.21. The maximum atomic E-state index is 13.0. The number of amidine groups is 1. The number of aryl methyl sites for hydroxylation is 1. The van der Waals surface area contributed by atoms with Crippen molar-refractivity contribution in [3.05, 3.63) is 106 Å². The largest absolute Gasteiger partial charge is 0.342 e. The van der Waals surface area contributed by atoms with E-state index in [1.54, 1.807) is 11.9 Å². The molecule has 1 saturated heterocycles. The molecule has 164 valence electrons. The Morgan fingerprint density at radius 1 is 1.00 bits per heavy atom. The van der Waals surface area contributed by atoms with E-state index in [2.05, 4.69) is 27.9 Å². The summed E-state index contributed by atoms with van der Waals surface area (Å²) in [5.74, 6) is -0.0413. The van der Waals surface area contributed by atoms with Crippen molar-refractivity contribution >= 4 is 57.1 Å². The summed E-state index contributed by atoms with van der Waals surface area (Å²) in [6.07, 6.45) is 4.08. The van der Waals surface area contributed by atoms with E-state index in [-0.39, 0.29) is 5.91 Å². The van der Waals surface area contributed by atoms with Gasteiger partial charge in [-0.1, -0.05) is 59.6 Å². The number of amides is 1. The molecule has 1 aliphatic heterocycles. The summed E-state index contributed by atoms with van der Waals surface area (Å²) in [5.41, 5.74) is 5.32. The number of carbonyl (C=O) groups is 1. The number of aliphatic imine (C=N–C) groups is 1. The van der Waals surface area contributed by atoms with Crippen LogP contribution >= 0.6 is 23.4 Å². The molecule has 1 fully saturated rings. The fraction of sp³-hybridized carbons (Fsp3) is 0.111. The molecule has 0 N–H and O–H groups in total. The Bertz CT molecular complexity index is 1400.